The molecule has 1 atom stereocenters. The zero-order valence-electron chi connectivity index (χ0n) is 11.4. The highest BCUT2D eigenvalue weighted by Crippen LogP contribution is 2.37. The molecule has 21 heavy (non-hydrogen) atoms. The maximum Gasteiger partial charge on any atom is 0.416 e. The van der Waals surface area contributed by atoms with Crippen LogP contribution in [0.1, 0.15) is 36.2 Å². The fourth-order valence-electron chi connectivity index (χ4n) is 2.04. The molecule has 1 nitrogen and oxygen atoms in total. The Balaban J connectivity index is 2.38. The van der Waals surface area contributed by atoms with Crippen LogP contribution in [0.15, 0.2) is 30.3 Å². The highest BCUT2D eigenvalue weighted by molar-refractivity contribution is 7.15. The van der Waals surface area contributed by atoms with Gasteiger partial charge in [-0.3, -0.25) is 0 Å². The Morgan fingerprint density at radius 1 is 1.19 bits per heavy atom. The van der Waals surface area contributed by atoms with E-state index in [4.69, 9.17) is 5.73 Å². The van der Waals surface area contributed by atoms with Crippen molar-refractivity contribution in [1.29, 1.82) is 0 Å². The molecule has 2 aromatic rings. The van der Waals surface area contributed by atoms with Crippen LogP contribution in [-0.2, 0) is 6.18 Å². The van der Waals surface area contributed by atoms with Crippen LogP contribution in [0.2, 0.25) is 0 Å². The van der Waals surface area contributed by atoms with Gasteiger partial charge in [0.25, 0.3) is 0 Å². The largest absolute Gasteiger partial charge is 0.416 e. The Labute approximate surface area is 124 Å². The maximum atomic E-state index is 13.8. The van der Waals surface area contributed by atoms with E-state index in [2.05, 4.69) is 0 Å². The molecule has 0 radical (unpaired) electrons. The van der Waals surface area contributed by atoms with Crippen LogP contribution in [0.4, 0.5) is 17.6 Å². The van der Waals surface area contributed by atoms with Crippen molar-refractivity contribution in [3.63, 3.8) is 0 Å². The van der Waals surface area contributed by atoms with E-state index in [0.29, 0.717) is 4.88 Å². The van der Waals surface area contributed by atoms with Gasteiger partial charge in [0.05, 0.1) is 5.56 Å². The Morgan fingerprint density at radius 3 is 2.52 bits per heavy atom. The van der Waals surface area contributed by atoms with Gasteiger partial charge in [-0.15, -0.1) is 11.3 Å². The molecule has 2 rings (SSSR count). The van der Waals surface area contributed by atoms with E-state index >= 15 is 0 Å². The van der Waals surface area contributed by atoms with Crippen LogP contribution in [-0.4, -0.2) is 0 Å². The van der Waals surface area contributed by atoms with E-state index in [0.717, 1.165) is 35.9 Å². The Bertz CT molecular complexity index is 618. The van der Waals surface area contributed by atoms with Crippen molar-refractivity contribution >= 4 is 11.3 Å². The highest BCUT2D eigenvalue weighted by atomic mass is 32.1. The molecule has 0 saturated heterocycles. The third-order valence-corrected chi connectivity index (χ3v) is 4.40. The second-order valence-electron chi connectivity index (χ2n) is 4.79. The second kappa shape index (κ2) is 6.15. The van der Waals surface area contributed by atoms with Crippen molar-refractivity contribution in [3.05, 3.63) is 46.6 Å². The number of benzene rings is 1. The van der Waals surface area contributed by atoms with E-state index in [9.17, 15) is 17.6 Å². The van der Waals surface area contributed by atoms with E-state index < -0.39 is 17.6 Å². The van der Waals surface area contributed by atoms with Gasteiger partial charge in [-0.05, 0) is 36.8 Å². The quantitative estimate of drug-likeness (QED) is 0.753. The number of nitrogens with two attached hydrogens (primary N) is 1. The van der Waals surface area contributed by atoms with Crippen molar-refractivity contribution in [2.24, 2.45) is 5.73 Å². The molecular weight excluding hydrogens is 302 g/mol. The Kier molecular flexibility index (Phi) is 4.68. The summed E-state index contributed by atoms with van der Waals surface area (Å²) in [6, 6.07) is 5.65. The third kappa shape index (κ3) is 3.63. The van der Waals surface area contributed by atoms with Crippen LogP contribution >= 0.6 is 11.3 Å². The van der Waals surface area contributed by atoms with Crippen LogP contribution in [0.25, 0.3) is 10.4 Å². The number of alkyl halides is 3. The molecule has 0 saturated carbocycles. The fraction of sp³-hybridized carbons (Fsp3) is 0.333. The summed E-state index contributed by atoms with van der Waals surface area (Å²) in [5, 5.41) is 0. The summed E-state index contributed by atoms with van der Waals surface area (Å²) in [6.07, 6.45) is -2.79. The minimum atomic E-state index is -4.48. The molecule has 1 heterocycles. The molecule has 6 heteroatoms. The number of halogens is 4. The third-order valence-electron chi connectivity index (χ3n) is 3.15. The molecule has 1 aromatic heterocycles. The predicted octanol–water partition coefficient (Wildman–Crippen LogP) is 5.37. The number of hydrogen-bond acceptors (Lipinski definition) is 2. The molecule has 1 unspecified atom stereocenters. The molecule has 1 aromatic carbocycles. The minimum Gasteiger partial charge on any atom is -0.323 e. The second-order valence-corrected chi connectivity index (χ2v) is 5.90. The summed E-state index contributed by atoms with van der Waals surface area (Å²) >= 11 is 1.24. The lowest BCUT2D eigenvalue weighted by molar-refractivity contribution is -0.137. The molecule has 0 bridgehead atoms. The summed E-state index contributed by atoms with van der Waals surface area (Å²) in [7, 11) is 0. The standard InChI is InChI=1S/C15H15F4NS/c1-2-3-12(20)14-7-6-13(21-14)10-8-9(15(17,18)19)4-5-11(10)16/h4-8,12H,2-3,20H2,1H3. The van der Waals surface area contributed by atoms with Crippen LogP contribution in [0.5, 0.6) is 0 Å². The lowest BCUT2D eigenvalue weighted by Gasteiger charge is -2.09. The molecule has 0 spiro atoms. The SMILES string of the molecule is CCCC(N)c1ccc(-c2cc(C(F)(F)F)ccc2F)s1. The average molecular weight is 317 g/mol. The zero-order valence-corrected chi connectivity index (χ0v) is 12.2. The van der Waals surface area contributed by atoms with E-state index in [1.807, 2.05) is 6.92 Å². The number of hydrogen-bond donors (Lipinski definition) is 1. The van der Waals surface area contributed by atoms with Crippen molar-refractivity contribution in [2.75, 3.05) is 0 Å². The first-order valence-electron chi connectivity index (χ1n) is 6.55. The monoisotopic (exact) mass is 317 g/mol. The van der Waals surface area contributed by atoms with Gasteiger partial charge in [0.1, 0.15) is 5.82 Å². The topological polar surface area (TPSA) is 26.0 Å². The lowest BCUT2D eigenvalue weighted by atomic mass is 10.1. The number of thiophene rings is 1. The minimum absolute atomic E-state index is 0.0372. The van der Waals surface area contributed by atoms with Crippen molar-refractivity contribution in [1.82, 2.24) is 0 Å². The molecule has 2 N–H and O–H groups in total. The van der Waals surface area contributed by atoms with Crippen molar-refractivity contribution in [3.8, 4) is 10.4 Å². The lowest BCUT2D eigenvalue weighted by Crippen LogP contribution is -2.07. The predicted molar refractivity (Wildman–Crippen MR) is 76.6 cm³/mol. The fourth-order valence-corrected chi connectivity index (χ4v) is 3.10. The first kappa shape index (κ1) is 16.0. The molecule has 0 aliphatic carbocycles. The Hall–Kier alpha value is -1.40. The van der Waals surface area contributed by atoms with Gasteiger partial charge in [0.2, 0.25) is 0 Å². The van der Waals surface area contributed by atoms with Crippen molar-refractivity contribution in [2.45, 2.75) is 32.0 Å². The molecule has 0 aliphatic rings. The highest BCUT2D eigenvalue weighted by Gasteiger charge is 2.31. The van der Waals surface area contributed by atoms with Crippen LogP contribution in [0, 0.1) is 5.82 Å². The van der Waals surface area contributed by atoms with Crippen LogP contribution < -0.4 is 5.73 Å². The summed E-state index contributed by atoms with van der Waals surface area (Å²) in [5.74, 6) is -0.666. The summed E-state index contributed by atoms with van der Waals surface area (Å²) in [5.41, 5.74) is 5.08. The first-order chi connectivity index (χ1) is 9.82. The van der Waals surface area contributed by atoms with Gasteiger partial charge in [-0.25, -0.2) is 4.39 Å². The van der Waals surface area contributed by atoms with Crippen molar-refractivity contribution < 1.29 is 17.6 Å². The first-order valence-corrected chi connectivity index (χ1v) is 7.37. The normalized spacial score (nSPS) is 13.4. The molecular formula is C15H15F4NS. The smallest absolute Gasteiger partial charge is 0.323 e. The van der Waals surface area contributed by atoms with Crippen LogP contribution in [0.3, 0.4) is 0 Å². The van der Waals surface area contributed by atoms with E-state index in [1.54, 1.807) is 12.1 Å². The summed E-state index contributed by atoms with van der Waals surface area (Å²) in [4.78, 5) is 1.31. The molecule has 0 aliphatic heterocycles. The molecule has 0 amide bonds. The zero-order chi connectivity index (χ0) is 15.6. The van der Waals surface area contributed by atoms with Gasteiger partial charge >= 0.3 is 6.18 Å². The number of rotatable bonds is 4. The van der Waals surface area contributed by atoms with Gasteiger partial charge in [0.15, 0.2) is 0 Å². The molecule has 0 fully saturated rings. The maximum absolute atomic E-state index is 13.8. The van der Waals surface area contributed by atoms with Gasteiger partial charge < -0.3 is 5.73 Å². The molecule has 114 valence electrons. The average Bonchev–Trinajstić information content (AvgIpc) is 2.87. The Morgan fingerprint density at radius 2 is 1.90 bits per heavy atom. The summed E-state index contributed by atoms with van der Waals surface area (Å²) < 4.78 is 51.9. The van der Waals surface area contributed by atoms with E-state index in [-0.39, 0.29) is 11.6 Å². The van der Waals surface area contributed by atoms with E-state index in [1.165, 1.54) is 11.3 Å². The summed E-state index contributed by atoms with van der Waals surface area (Å²) in [6.45, 7) is 2.00. The van der Waals surface area contributed by atoms with Gasteiger partial charge in [0, 0.05) is 21.4 Å². The van der Waals surface area contributed by atoms with Gasteiger partial charge in [-0.2, -0.15) is 13.2 Å². The van der Waals surface area contributed by atoms with Gasteiger partial charge in [-0.1, -0.05) is 13.3 Å².